The SMILES string of the molecule is O=[N+]([O-])c1ccc(N2CCN(C[C@@H]3C[C@H](c4ccc(CO)cc4)O[C@H](c4ccc(CNS(=O)(=O)c5ccccc5)cc4)O3)CC2)cc1. The zero-order chi connectivity index (χ0) is 32.8. The molecule has 47 heavy (non-hydrogen) atoms. The van der Waals surface area contributed by atoms with E-state index in [-0.39, 0.29) is 40.9 Å². The first-order valence-electron chi connectivity index (χ1n) is 15.6. The number of aliphatic hydroxyl groups excluding tert-OH is 1. The van der Waals surface area contributed by atoms with Crippen LogP contribution >= 0.6 is 0 Å². The molecule has 0 aromatic heterocycles. The molecular formula is C35H38N4O7S. The lowest BCUT2D eigenvalue weighted by atomic mass is 9.99. The third-order valence-electron chi connectivity index (χ3n) is 8.65. The second-order valence-electron chi connectivity index (χ2n) is 11.8. The number of sulfonamides is 1. The molecule has 0 spiro atoms. The highest BCUT2D eigenvalue weighted by atomic mass is 32.2. The fourth-order valence-electron chi connectivity index (χ4n) is 5.95. The Balaban J connectivity index is 1.11. The number of nitrogens with zero attached hydrogens (tertiary/aromatic N) is 3. The summed E-state index contributed by atoms with van der Waals surface area (Å²) >= 11 is 0. The van der Waals surface area contributed by atoms with Crippen molar-refractivity contribution < 1.29 is 27.9 Å². The largest absolute Gasteiger partial charge is 0.392 e. The van der Waals surface area contributed by atoms with Gasteiger partial charge in [0.15, 0.2) is 6.29 Å². The van der Waals surface area contributed by atoms with Crippen molar-refractivity contribution in [1.29, 1.82) is 0 Å². The van der Waals surface area contributed by atoms with Crippen LogP contribution in [0.2, 0.25) is 0 Å². The minimum absolute atomic E-state index is 0.0279. The second-order valence-corrected chi connectivity index (χ2v) is 13.6. The first-order valence-corrected chi connectivity index (χ1v) is 17.1. The normalized spacial score (nSPS) is 20.6. The van der Waals surface area contributed by atoms with Gasteiger partial charge in [0.1, 0.15) is 0 Å². The molecule has 246 valence electrons. The summed E-state index contributed by atoms with van der Waals surface area (Å²) < 4.78 is 41.0. The van der Waals surface area contributed by atoms with E-state index in [0.717, 1.165) is 60.7 Å². The van der Waals surface area contributed by atoms with Crippen molar-refractivity contribution in [2.75, 3.05) is 37.6 Å². The number of aliphatic hydroxyl groups is 1. The molecule has 12 heteroatoms. The molecule has 2 fully saturated rings. The summed E-state index contributed by atoms with van der Waals surface area (Å²) in [6.07, 6.45) is -0.283. The standard InChI is InChI=1S/C35H38N4O7S/c40-25-27-8-10-28(11-9-27)34-22-32(24-37-18-20-38(21-19-37)30-14-16-31(17-15-30)39(41)42)45-35(46-34)29-12-6-26(7-13-29)23-36-47(43,44)33-4-2-1-3-5-33/h1-17,32,34-36,40H,18-25H2/t32-,34+,35+/m0/s1. The minimum Gasteiger partial charge on any atom is -0.392 e. The number of rotatable bonds is 11. The average Bonchev–Trinajstić information content (AvgIpc) is 3.11. The number of benzene rings is 4. The average molecular weight is 659 g/mol. The molecule has 2 heterocycles. The summed E-state index contributed by atoms with van der Waals surface area (Å²) in [5.74, 6) is 0. The van der Waals surface area contributed by atoms with Crippen LogP contribution in [0.5, 0.6) is 0 Å². The molecule has 0 radical (unpaired) electrons. The van der Waals surface area contributed by atoms with Crippen LogP contribution in [0.1, 0.15) is 41.1 Å². The zero-order valence-electron chi connectivity index (χ0n) is 25.9. The summed E-state index contributed by atoms with van der Waals surface area (Å²) in [5, 5.41) is 20.5. The quantitative estimate of drug-likeness (QED) is 0.170. The number of ether oxygens (including phenoxy) is 2. The highest BCUT2D eigenvalue weighted by molar-refractivity contribution is 7.89. The predicted molar refractivity (Wildman–Crippen MR) is 177 cm³/mol. The van der Waals surface area contributed by atoms with Gasteiger partial charge in [-0.15, -0.1) is 0 Å². The zero-order valence-corrected chi connectivity index (χ0v) is 26.7. The number of anilines is 1. The highest BCUT2D eigenvalue weighted by Crippen LogP contribution is 2.38. The van der Waals surface area contributed by atoms with Gasteiger partial charge in [0.25, 0.3) is 5.69 Å². The molecule has 11 nitrogen and oxygen atoms in total. The molecule has 0 saturated carbocycles. The van der Waals surface area contributed by atoms with Gasteiger partial charge in [-0.2, -0.15) is 0 Å². The number of nitro groups is 1. The van der Waals surface area contributed by atoms with E-state index in [1.807, 2.05) is 48.5 Å². The molecule has 0 unspecified atom stereocenters. The second kappa shape index (κ2) is 14.7. The first-order chi connectivity index (χ1) is 22.8. The monoisotopic (exact) mass is 658 g/mol. The summed E-state index contributed by atoms with van der Waals surface area (Å²) in [7, 11) is -3.62. The Morgan fingerprint density at radius 1 is 0.809 bits per heavy atom. The lowest BCUT2D eigenvalue weighted by Gasteiger charge is -2.41. The molecule has 6 rings (SSSR count). The topological polar surface area (TPSA) is 134 Å². The van der Waals surface area contributed by atoms with E-state index in [1.54, 1.807) is 54.6 Å². The number of hydrogen-bond acceptors (Lipinski definition) is 9. The van der Waals surface area contributed by atoms with Crippen LogP contribution in [-0.2, 0) is 32.6 Å². The van der Waals surface area contributed by atoms with Crippen LogP contribution in [0, 0.1) is 10.1 Å². The molecule has 4 aromatic rings. The molecule has 4 aromatic carbocycles. The van der Waals surface area contributed by atoms with E-state index in [0.29, 0.717) is 6.42 Å². The molecule has 0 aliphatic carbocycles. The van der Waals surface area contributed by atoms with Crippen LogP contribution in [0.3, 0.4) is 0 Å². The molecule has 2 aliphatic rings. The van der Waals surface area contributed by atoms with Gasteiger partial charge in [-0.25, -0.2) is 13.1 Å². The van der Waals surface area contributed by atoms with Gasteiger partial charge in [0, 0.05) is 69.1 Å². The molecule has 0 bridgehead atoms. The summed E-state index contributed by atoms with van der Waals surface area (Å²) in [6, 6.07) is 30.3. The van der Waals surface area contributed by atoms with E-state index in [9.17, 15) is 23.6 Å². The van der Waals surface area contributed by atoms with E-state index in [2.05, 4.69) is 14.5 Å². The number of nitro benzene ring substituents is 1. The van der Waals surface area contributed by atoms with Gasteiger partial charge in [-0.1, -0.05) is 66.7 Å². The van der Waals surface area contributed by atoms with Crippen LogP contribution in [0.15, 0.2) is 108 Å². The Labute approximate surface area is 274 Å². The lowest BCUT2D eigenvalue weighted by Crippen LogP contribution is -2.49. The van der Waals surface area contributed by atoms with Crippen LogP contribution in [0.4, 0.5) is 11.4 Å². The van der Waals surface area contributed by atoms with Gasteiger partial charge in [0.05, 0.1) is 28.6 Å². The summed E-state index contributed by atoms with van der Waals surface area (Å²) in [4.78, 5) is 15.5. The molecule has 2 N–H and O–H groups in total. The lowest BCUT2D eigenvalue weighted by molar-refractivity contribution is -0.384. The number of piperazine rings is 1. The van der Waals surface area contributed by atoms with Crippen LogP contribution in [-0.4, -0.2) is 62.2 Å². The Bertz CT molecular complexity index is 1730. The third kappa shape index (κ3) is 8.22. The van der Waals surface area contributed by atoms with Gasteiger partial charge < -0.3 is 19.5 Å². The smallest absolute Gasteiger partial charge is 0.269 e. The fourth-order valence-corrected chi connectivity index (χ4v) is 6.99. The maximum atomic E-state index is 12.7. The van der Waals surface area contributed by atoms with Gasteiger partial charge in [-0.3, -0.25) is 15.0 Å². The Hall–Kier alpha value is -4.17. The molecule has 3 atom stereocenters. The highest BCUT2D eigenvalue weighted by Gasteiger charge is 2.34. The van der Waals surface area contributed by atoms with Crippen molar-refractivity contribution in [3.63, 3.8) is 0 Å². The van der Waals surface area contributed by atoms with Gasteiger partial charge >= 0.3 is 0 Å². The van der Waals surface area contributed by atoms with E-state index < -0.39 is 16.3 Å². The molecule has 2 aliphatic heterocycles. The number of non-ortho nitro benzene ring substituents is 1. The van der Waals surface area contributed by atoms with E-state index in [1.165, 1.54) is 0 Å². The maximum absolute atomic E-state index is 12.7. The van der Waals surface area contributed by atoms with E-state index in [4.69, 9.17) is 9.47 Å². The Morgan fingerprint density at radius 3 is 2.09 bits per heavy atom. The number of hydrogen-bond donors (Lipinski definition) is 2. The Morgan fingerprint density at radius 2 is 1.45 bits per heavy atom. The van der Waals surface area contributed by atoms with Gasteiger partial charge in [0.2, 0.25) is 10.0 Å². The summed E-state index contributed by atoms with van der Waals surface area (Å²) in [5.41, 5.74) is 4.54. The van der Waals surface area contributed by atoms with Crippen molar-refractivity contribution in [1.82, 2.24) is 9.62 Å². The van der Waals surface area contributed by atoms with Crippen LogP contribution in [0.25, 0.3) is 0 Å². The maximum Gasteiger partial charge on any atom is 0.269 e. The molecule has 2 saturated heterocycles. The van der Waals surface area contributed by atoms with Crippen molar-refractivity contribution in [3.05, 3.63) is 135 Å². The molecule has 0 amide bonds. The van der Waals surface area contributed by atoms with Crippen molar-refractivity contribution in [3.8, 4) is 0 Å². The van der Waals surface area contributed by atoms with Gasteiger partial charge in [-0.05, 0) is 41.0 Å². The fraction of sp³-hybridized carbons (Fsp3) is 0.314. The summed E-state index contributed by atoms with van der Waals surface area (Å²) in [6.45, 7) is 4.09. The third-order valence-corrected chi connectivity index (χ3v) is 10.1. The van der Waals surface area contributed by atoms with E-state index >= 15 is 0 Å². The molecular weight excluding hydrogens is 620 g/mol. The number of nitrogens with one attached hydrogen (secondary N) is 1. The predicted octanol–water partition coefficient (Wildman–Crippen LogP) is 4.93. The Kier molecular flexibility index (Phi) is 10.3. The first kappa shape index (κ1) is 32.8. The van der Waals surface area contributed by atoms with Crippen molar-refractivity contribution >= 4 is 21.4 Å². The van der Waals surface area contributed by atoms with Crippen molar-refractivity contribution in [2.45, 2.75) is 43.0 Å². The minimum atomic E-state index is -3.62. The van der Waals surface area contributed by atoms with Crippen molar-refractivity contribution in [2.24, 2.45) is 0 Å². The van der Waals surface area contributed by atoms with Crippen LogP contribution < -0.4 is 9.62 Å².